The number of aryl methyl sites for hydroxylation is 1. The number of carbonyl (C=O) groups excluding carboxylic acids is 1. The highest BCUT2D eigenvalue weighted by Crippen LogP contribution is 2.27. The predicted molar refractivity (Wildman–Crippen MR) is 90.5 cm³/mol. The summed E-state index contributed by atoms with van der Waals surface area (Å²) in [5, 5.41) is 9.08. The fourth-order valence-electron chi connectivity index (χ4n) is 2.99. The molecular formula is C19H21NO5. The lowest BCUT2D eigenvalue weighted by molar-refractivity contribution is -0.140. The van der Waals surface area contributed by atoms with Crippen LogP contribution in [0.4, 0.5) is 0 Å². The molecule has 1 N–H and O–H groups in total. The van der Waals surface area contributed by atoms with Crippen molar-refractivity contribution < 1.29 is 23.8 Å². The van der Waals surface area contributed by atoms with Crippen molar-refractivity contribution in [1.82, 2.24) is 4.90 Å². The molecule has 1 aromatic carbocycles. The van der Waals surface area contributed by atoms with Gasteiger partial charge in [-0.2, -0.15) is 0 Å². The molecular weight excluding hydrogens is 322 g/mol. The molecule has 0 saturated carbocycles. The quantitative estimate of drug-likeness (QED) is 0.903. The van der Waals surface area contributed by atoms with Gasteiger partial charge in [0.05, 0.1) is 25.2 Å². The number of morpholine rings is 1. The molecule has 6 nitrogen and oxygen atoms in total. The summed E-state index contributed by atoms with van der Waals surface area (Å²) in [6.07, 6.45) is 0.947. The number of hydrogen-bond acceptors (Lipinski definition) is 4. The van der Waals surface area contributed by atoms with Crippen molar-refractivity contribution in [2.75, 3.05) is 19.8 Å². The maximum Gasteiger partial charge on any atom is 0.335 e. The van der Waals surface area contributed by atoms with E-state index in [1.807, 2.05) is 19.1 Å². The van der Waals surface area contributed by atoms with E-state index >= 15 is 0 Å². The Kier molecular flexibility index (Phi) is 5.19. The number of carboxylic acid groups (broad SMARTS) is 1. The van der Waals surface area contributed by atoms with Crippen molar-refractivity contribution in [3.05, 3.63) is 59.0 Å². The average molecular weight is 343 g/mol. The Morgan fingerprint density at radius 2 is 2.12 bits per heavy atom. The highest BCUT2D eigenvalue weighted by Gasteiger charge is 2.30. The molecule has 132 valence electrons. The van der Waals surface area contributed by atoms with Crippen LogP contribution in [0.2, 0.25) is 0 Å². The number of furan rings is 1. The van der Waals surface area contributed by atoms with Crippen LogP contribution in [0.25, 0.3) is 0 Å². The first kappa shape index (κ1) is 17.2. The molecule has 1 unspecified atom stereocenters. The molecule has 1 fully saturated rings. The van der Waals surface area contributed by atoms with Crippen molar-refractivity contribution in [3.63, 3.8) is 0 Å². The lowest BCUT2D eigenvalue weighted by Crippen LogP contribution is -2.44. The summed E-state index contributed by atoms with van der Waals surface area (Å²) in [5.41, 5.74) is 0.867. The van der Waals surface area contributed by atoms with Gasteiger partial charge < -0.3 is 19.2 Å². The molecule has 1 amide bonds. The first-order chi connectivity index (χ1) is 12.1. The molecule has 3 rings (SSSR count). The Morgan fingerprint density at radius 1 is 1.28 bits per heavy atom. The zero-order chi connectivity index (χ0) is 17.8. The minimum atomic E-state index is -0.999. The molecule has 1 aliphatic heterocycles. The van der Waals surface area contributed by atoms with Crippen molar-refractivity contribution in [3.8, 4) is 0 Å². The molecule has 0 aliphatic carbocycles. The topological polar surface area (TPSA) is 80.0 Å². The number of amides is 1. The molecule has 1 atom stereocenters. The zero-order valence-electron chi connectivity index (χ0n) is 14.1. The lowest BCUT2D eigenvalue weighted by atomic mass is 10.1. The lowest BCUT2D eigenvalue weighted by Gasteiger charge is -2.34. The third-order valence-electron chi connectivity index (χ3n) is 4.34. The molecule has 0 radical (unpaired) electrons. The second kappa shape index (κ2) is 7.53. The normalized spacial score (nSPS) is 17.5. The van der Waals surface area contributed by atoms with E-state index in [1.54, 1.807) is 17.0 Å². The highest BCUT2D eigenvalue weighted by atomic mass is 16.5. The van der Waals surface area contributed by atoms with Gasteiger partial charge in [-0.05, 0) is 29.8 Å². The van der Waals surface area contributed by atoms with Gasteiger partial charge in [-0.15, -0.1) is 0 Å². The van der Waals surface area contributed by atoms with Gasteiger partial charge in [0.1, 0.15) is 17.6 Å². The first-order valence-corrected chi connectivity index (χ1v) is 8.36. The number of carboxylic acids is 1. The summed E-state index contributed by atoms with van der Waals surface area (Å²) < 4.78 is 11.3. The summed E-state index contributed by atoms with van der Waals surface area (Å²) in [6.45, 7) is 3.39. The van der Waals surface area contributed by atoms with Crippen LogP contribution in [0.5, 0.6) is 0 Å². The van der Waals surface area contributed by atoms with Crippen LogP contribution in [-0.2, 0) is 22.4 Å². The first-order valence-electron chi connectivity index (χ1n) is 8.36. The number of hydrogen-bond donors (Lipinski definition) is 1. The average Bonchev–Trinajstić information content (AvgIpc) is 3.11. The molecule has 25 heavy (non-hydrogen) atoms. The largest absolute Gasteiger partial charge is 0.478 e. The molecule has 2 heterocycles. The van der Waals surface area contributed by atoms with E-state index in [0.29, 0.717) is 25.3 Å². The number of ether oxygens (including phenoxy) is 1. The third kappa shape index (κ3) is 3.91. The Balaban J connectivity index is 1.76. The highest BCUT2D eigenvalue weighted by molar-refractivity contribution is 5.88. The van der Waals surface area contributed by atoms with Crippen LogP contribution < -0.4 is 0 Å². The summed E-state index contributed by atoms with van der Waals surface area (Å²) in [6, 6.07) is 10.0. The molecule has 1 saturated heterocycles. The van der Waals surface area contributed by atoms with Crippen LogP contribution in [0, 0.1) is 0 Å². The van der Waals surface area contributed by atoms with Gasteiger partial charge in [-0.3, -0.25) is 4.79 Å². The van der Waals surface area contributed by atoms with Crippen LogP contribution in [-0.4, -0.2) is 41.6 Å². The van der Waals surface area contributed by atoms with Gasteiger partial charge in [0.25, 0.3) is 0 Å². The molecule has 0 spiro atoms. The fraction of sp³-hybridized carbons (Fsp3) is 0.368. The van der Waals surface area contributed by atoms with E-state index in [-0.39, 0.29) is 23.9 Å². The van der Waals surface area contributed by atoms with Crippen LogP contribution >= 0.6 is 0 Å². The summed E-state index contributed by atoms with van der Waals surface area (Å²) in [5.74, 6) is 0.540. The van der Waals surface area contributed by atoms with Gasteiger partial charge in [0.2, 0.25) is 5.91 Å². The molecule has 6 heteroatoms. The summed E-state index contributed by atoms with van der Waals surface area (Å²) >= 11 is 0. The van der Waals surface area contributed by atoms with Gasteiger partial charge in [0.15, 0.2) is 0 Å². The van der Waals surface area contributed by atoms with Crippen LogP contribution in [0.15, 0.2) is 40.8 Å². The summed E-state index contributed by atoms with van der Waals surface area (Å²) in [7, 11) is 0. The molecule has 2 aromatic rings. The number of rotatable bonds is 5. The number of carbonyl (C=O) groups is 2. The Labute approximate surface area is 146 Å². The maximum atomic E-state index is 12.8. The Bertz CT molecular complexity index is 767. The van der Waals surface area contributed by atoms with Crippen molar-refractivity contribution in [2.45, 2.75) is 25.8 Å². The SMILES string of the molecule is CCc1ccc(C2COCCN2C(=O)Cc2cccc(C(=O)O)c2)o1. The minimum absolute atomic E-state index is 0.0645. The number of benzene rings is 1. The van der Waals surface area contributed by atoms with Crippen molar-refractivity contribution >= 4 is 11.9 Å². The predicted octanol–water partition coefficient (Wildman–Crippen LogP) is 2.68. The summed E-state index contributed by atoms with van der Waals surface area (Å²) in [4.78, 5) is 25.6. The smallest absolute Gasteiger partial charge is 0.335 e. The maximum absolute atomic E-state index is 12.8. The monoisotopic (exact) mass is 343 g/mol. The van der Waals surface area contributed by atoms with E-state index in [2.05, 4.69) is 0 Å². The van der Waals surface area contributed by atoms with E-state index in [0.717, 1.165) is 17.9 Å². The second-order valence-electron chi connectivity index (χ2n) is 6.02. The van der Waals surface area contributed by atoms with E-state index < -0.39 is 5.97 Å². The number of nitrogens with zero attached hydrogens (tertiary/aromatic N) is 1. The zero-order valence-corrected chi connectivity index (χ0v) is 14.1. The second-order valence-corrected chi connectivity index (χ2v) is 6.02. The van der Waals surface area contributed by atoms with Gasteiger partial charge in [0, 0.05) is 13.0 Å². The van der Waals surface area contributed by atoms with Crippen LogP contribution in [0.1, 0.15) is 40.4 Å². The molecule has 1 aromatic heterocycles. The third-order valence-corrected chi connectivity index (χ3v) is 4.34. The van der Waals surface area contributed by atoms with E-state index in [1.165, 1.54) is 12.1 Å². The fourth-order valence-corrected chi connectivity index (χ4v) is 2.99. The van der Waals surface area contributed by atoms with Gasteiger partial charge in [-0.25, -0.2) is 4.79 Å². The Morgan fingerprint density at radius 3 is 2.84 bits per heavy atom. The van der Waals surface area contributed by atoms with Crippen molar-refractivity contribution in [1.29, 1.82) is 0 Å². The standard InChI is InChI=1S/C19H21NO5/c1-2-15-6-7-17(25-15)16-12-24-9-8-20(16)18(21)11-13-4-3-5-14(10-13)19(22)23/h3-7,10,16H,2,8-9,11-12H2,1H3,(H,22,23). The molecule has 1 aliphatic rings. The van der Waals surface area contributed by atoms with Gasteiger partial charge in [-0.1, -0.05) is 19.1 Å². The van der Waals surface area contributed by atoms with E-state index in [9.17, 15) is 9.59 Å². The van der Waals surface area contributed by atoms with Crippen molar-refractivity contribution in [2.24, 2.45) is 0 Å². The Hall–Kier alpha value is -2.60. The van der Waals surface area contributed by atoms with Gasteiger partial charge >= 0.3 is 5.97 Å². The number of aromatic carboxylic acids is 1. The van der Waals surface area contributed by atoms with E-state index in [4.69, 9.17) is 14.3 Å². The van der Waals surface area contributed by atoms with Crippen LogP contribution in [0.3, 0.4) is 0 Å². The molecule has 0 bridgehead atoms. The minimum Gasteiger partial charge on any atom is -0.478 e.